The van der Waals surface area contributed by atoms with Crippen molar-refractivity contribution in [2.75, 3.05) is 7.11 Å². The summed E-state index contributed by atoms with van der Waals surface area (Å²) in [5, 5.41) is 0.352. The van der Waals surface area contributed by atoms with Crippen LogP contribution in [0.3, 0.4) is 0 Å². The Morgan fingerprint density at radius 3 is 2.65 bits per heavy atom. The summed E-state index contributed by atoms with van der Waals surface area (Å²) in [6.45, 7) is 0. The van der Waals surface area contributed by atoms with E-state index >= 15 is 0 Å². The minimum atomic E-state index is -0.363. The average Bonchev–Trinajstić information content (AvgIpc) is 2.38. The first-order valence-corrected chi connectivity index (χ1v) is 7.21. The molecule has 2 aromatic carbocycles. The second kappa shape index (κ2) is 6.57. The van der Waals surface area contributed by atoms with Crippen molar-refractivity contribution < 1.29 is 9.13 Å². The molecule has 1 atom stereocenters. The molecule has 0 spiro atoms. The first-order valence-electron chi connectivity index (χ1n) is 6.04. The number of halogens is 3. The fraction of sp³-hybridized carbons (Fsp3) is 0.200. The molecule has 2 aromatic rings. The van der Waals surface area contributed by atoms with E-state index in [9.17, 15) is 4.39 Å². The van der Waals surface area contributed by atoms with Crippen LogP contribution in [0.5, 0.6) is 5.75 Å². The SMILES string of the molecule is COc1ccc(CC(N)c2ccc(F)cc2Cl)cc1Br. The Labute approximate surface area is 130 Å². The number of methoxy groups -OCH3 is 1. The molecule has 2 N–H and O–H groups in total. The maximum absolute atomic E-state index is 13.0. The lowest BCUT2D eigenvalue weighted by molar-refractivity contribution is 0.412. The zero-order valence-electron chi connectivity index (χ0n) is 10.9. The zero-order chi connectivity index (χ0) is 14.7. The molecule has 0 bridgehead atoms. The molecule has 0 heterocycles. The smallest absolute Gasteiger partial charge is 0.133 e. The minimum Gasteiger partial charge on any atom is -0.496 e. The molecule has 0 saturated carbocycles. The summed E-state index contributed by atoms with van der Waals surface area (Å²) in [6, 6.07) is 9.76. The van der Waals surface area contributed by atoms with Gasteiger partial charge in [-0.3, -0.25) is 0 Å². The summed E-state index contributed by atoms with van der Waals surface area (Å²) in [5.41, 5.74) is 7.93. The molecule has 0 aliphatic heterocycles. The maximum atomic E-state index is 13.0. The summed E-state index contributed by atoms with van der Waals surface area (Å²) in [6.07, 6.45) is 0.605. The monoisotopic (exact) mass is 357 g/mol. The van der Waals surface area contributed by atoms with E-state index in [4.69, 9.17) is 22.1 Å². The number of rotatable bonds is 4. The van der Waals surface area contributed by atoms with Gasteiger partial charge in [-0.05, 0) is 57.7 Å². The zero-order valence-corrected chi connectivity index (χ0v) is 13.2. The number of hydrogen-bond acceptors (Lipinski definition) is 2. The van der Waals surface area contributed by atoms with Gasteiger partial charge in [-0.1, -0.05) is 23.7 Å². The summed E-state index contributed by atoms with van der Waals surface area (Å²) < 4.78 is 19.1. The highest BCUT2D eigenvalue weighted by Gasteiger charge is 2.12. The van der Waals surface area contributed by atoms with E-state index in [0.29, 0.717) is 11.4 Å². The van der Waals surface area contributed by atoms with Gasteiger partial charge in [0.25, 0.3) is 0 Å². The van der Waals surface area contributed by atoms with Crippen molar-refractivity contribution in [2.45, 2.75) is 12.5 Å². The lowest BCUT2D eigenvalue weighted by Gasteiger charge is -2.14. The highest BCUT2D eigenvalue weighted by Crippen LogP contribution is 2.29. The average molecular weight is 359 g/mol. The largest absolute Gasteiger partial charge is 0.496 e. The molecule has 106 valence electrons. The fourth-order valence-corrected chi connectivity index (χ4v) is 2.90. The van der Waals surface area contributed by atoms with Crippen LogP contribution in [0.1, 0.15) is 17.2 Å². The molecule has 0 aliphatic carbocycles. The van der Waals surface area contributed by atoms with Crippen molar-refractivity contribution in [3.63, 3.8) is 0 Å². The van der Waals surface area contributed by atoms with Crippen molar-refractivity contribution in [3.05, 3.63) is 62.8 Å². The van der Waals surface area contributed by atoms with Crippen molar-refractivity contribution in [3.8, 4) is 5.75 Å². The number of benzene rings is 2. The normalized spacial score (nSPS) is 12.2. The molecule has 0 aromatic heterocycles. The van der Waals surface area contributed by atoms with E-state index in [1.54, 1.807) is 13.2 Å². The molecule has 20 heavy (non-hydrogen) atoms. The lowest BCUT2D eigenvalue weighted by atomic mass is 9.99. The summed E-state index contributed by atoms with van der Waals surface area (Å²) in [5.74, 6) is 0.403. The van der Waals surface area contributed by atoms with E-state index in [1.165, 1.54) is 12.1 Å². The summed E-state index contributed by atoms with van der Waals surface area (Å²) >= 11 is 9.46. The van der Waals surface area contributed by atoms with Crippen LogP contribution < -0.4 is 10.5 Å². The lowest BCUT2D eigenvalue weighted by Crippen LogP contribution is -2.14. The quantitative estimate of drug-likeness (QED) is 0.874. The van der Waals surface area contributed by atoms with Crippen molar-refractivity contribution in [1.82, 2.24) is 0 Å². The standard InChI is InChI=1S/C15H14BrClFNO/c1-20-15-5-2-9(6-12(15)16)7-14(19)11-4-3-10(18)8-13(11)17/h2-6,8,14H,7,19H2,1H3. The van der Waals surface area contributed by atoms with Crippen LogP contribution in [0.2, 0.25) is 5.02 Å². The van der Waals surface area contributed by atoms with E-state index in [-0.39, 0.29) is 11.9 Å². The fourth-order valence-electron chi connectivity index (χ4n) is 2.00. The Balaban J connectivity index is 2.18. The molecule has 0 fully saturated rings. The van der Waals surface area contributed by atoms with Gasteiger partial charge in [0.05, 0.1) is 11.6 Å². The molecule has 2 rings (SSSR count). The highest BCUT2D eigenvalue weighted by molar-refractivity contribution is 9.10. The third-order valence-corrected chi connectivity index (χ3v) is 3.98. The molecular weight excluding hydrogens is 345 g/mol. The molecule has 0 radical (unpaired) electrons. The first-order chi connectivity index (χ1) is 9.51. The molecule has 5 heteroatoms. The first kappa shape index (κ1) is 15.3. The van der Waals surface area contributed by atoms with Crippen molar-refractivity contribution >= 4 is 27.5 Å². The van der Waals surface area contributed by atoms with Gasteiger partial charge in [-0.2, -0.15) is 0 Å². The van der Waals surface area contributed by atoms with Crippen LogP contribution in [0.25, 0.3) is 0 Å². The van der Waals surface area contributed by atoms with Crippen LogP contribution in [-0.2, 0) is 6.42 Å². The third-order valence-electron chi connectivity index (χ3n) is 3.03. The predicted molar refractivity (Wildman–Crippen MR) is 82.7 cm³/mol. The van der Waals surface area contributed by atoms with Gasteiger partial charge in [-0.15, -0.1) is 0 Å². The van der Waals surface area contributed by atoms with Gasteiger partial charge in [0.15, 0.2) is 0 Å². The maximum Gasteiger partial charge on any atom is 0.133 e. The predicted octanol–water partition coefficient (Wildman–Crippen LogP) is 4.49. The molecular formula is C15H14BrClFNO. The third kappa shape index (κ3) is 3.51. The van der Waals surface area contributed by atoms with Crippen molar-refractivity contribution in [2.24, 2.45) is 5.73 Å². The summed E-state index contributed by atoms with van der Waals surface area (Å²) in [4.78, 5) is 0. The minimum absolute atomic E-state index is 0.289. The van der Waals surface area contributed by atoms with Gasteiger partial charge in [0, 0.05) is 11.1 Å². The Hall–Kier alpha value is -1.10. The van der Waals surface area contributed by atoms with Gasteiger partial charge >= 0.3 is 0 Å². The van der Waals surface area contributed by atoms with Crippen LogP contribution in [0, 0.1) is 5.82 Å². The topological polar surface area (TPSA) is 35.2 Å². The van der Waals surface area contributed by atoms with E-state index in [1.807, 2.05) is 18.2 Å². The Morgan fingerprint density at radius 1 is 1.30 bits per heavy atom. The van der Waals surface area contributed by atoms with E-state index < -0.39 is 0 Å². The summed E-state index contributed by atoms with van der Waals surface area (Å²) in [7, 11) is 1.61. The number of nitrogens with two attached hydrogens (primary N) is 1. The second-order valence-electron chi connectivity index (χ2n) is 4.45. The molecule has 0 saturated heterocycles. The second-order valence-corrected chi connectivity index (χ2v) is 5.71. The Bertz CT molecular complexity index is 621. The molecule has 0 amide bonds. The van der Waals surface area contributed by atoms with Gasteiger partial charge in [-0.25, -0.2) is 4.39 Å². The Kier molecular flexibility index (Phi) is 5.02. The van der Waals surface area contributed by atoms with E-state index in [2.05, 4.69) is 15.9 Å². The van der Waals surface area contributed by atoms with Gasteiger partial charge in [0.1, 0.15) is 11.6 Å². The van der Waals surface area contributed by atoms with Crippen LogP contribution in [0.15, 0.2) is 40.9 Å². The van der Waals surface area contributed by atoms with Gasteiger partial charge < -0.3 is 10.5 Å². The van der Waals surface area contributed by atoms with Crippen LogP contribution in [-0.4, -0.2) is 7.11 Å². The number of ether oxygens (including phenoxy) is 1. The highest BCUT2D eigenvalue weighted by atomic mass is 79.9. The Morgan fingerprint density at radius 2 is 2.05 bits per heavy atom. The molecule has 2 nitrogen and oxygen atoms in total. The van der Waals surface area contributed by atoms with Gasteiger partial charge in [0.2, 0.25) is 0 Å². The molecule has 0 aliphatic rings. The van der Waals surface area contributed by atoms with Crippen molar-refractivity contribution in [1.29, 1.82) is 0 Å². The number of hydrogen-bond donors (Lipinski definition) is 1. The van der Waals surface area contributed by atoms with Crippen LogP contribution in [0.4, 0.5) is 4.39 Å². The molecule has 1 unspecified atom stereocenters. The van der Waals surface area contributed by atoms with Crippen LogP contribution >= 0.6 is 27.5 Å². The van der Waals surface area contributed by atoms with E-state index in [0.717, 1.165) is 21.3 Å².